The summed E-state index contributed by atoms with van der Waals surface area (Å²) in [6.45, 7) is 0. The van der Waals surface area contributed by atoms with E-state index in [-0.39, 0.29) is 0 Å². The zero-order chi connectivity index (χ0) is 10.9. The molecule has 0 bridgehead atoms. The van der Waals surface area contributed by atoms with Gasteiger partial charge in [0.2, 0.25) is 0 Å². The number of carboxylic acids is 1. The number of carbonyl (C=O) groups is 1. The molecule has 0 aromatic heterocycles. The van der Waals surface area contributed by atoms with E-state index in [0.29, 0.717) is 0 Å². The molecule has 0 saturated heterocycles. The third kappa shape index (κ3) is 1.41. The van der Waals surface area contributed by atoms with Gasteiger partial charge in [0.1, 0.15) is 0 Å². The molecular formula is C13H12O2. The van der Waals surface area contributed by atoms with Crippen LogP contribution in [-0.4, -0.2) is 11.1 Å². The van der Waals surface area contributed by atoms with Crippen molar-refractivity contribution in [2.45, 2.75) is 24.7 Å². The van der Waals surface area contributed by atoms with Crippen LogP contribution in [0.25, 0.3) is 0 Å². The Labute approximate surface area is 88.9 Å². The fourth-order valence-electron chi connectivity index (χ4n) is 2.06. The number of rotatable bonds is 2. The highest BCUT2D eigenvalue weighted by atomic mass is 16.4. The summed E-state index contributed by atoms with van der Waals surface area (Å²) in [6.07, 6.45) is 7.72. The minimum Gasteiger partial charge on any atom is -0.481 e. The molecule has 0 heterocycles. The number of benzene rings is 1. The van der Waals surface area contributed by atoms with Crippen molar-refractivity contribution in [3.05, 3.63) is 35.4 Å². The second kappa shape index (κ2) is 3.43. The van der Waals surface area contributed by atoms with Crippen LogP contribution in [0, 0.1) is 12.3 Å². The molecule has 0 aliphatic heterocycles. The van der Waals surface area contributed by atoms with Crippen molar-refractivity contribution >= 4 is 5.97 Å². The second-order valence-electron chi connectivity index (χ2n) is 3.97. The van der Waals surface area contributed by atoms with E-state index in [1.165, 1.54) is 0 Å². The van der Waals surface area contributed by atoms with Crippen LogP contribution in [0.15, 0.2) is 24.3 Å². The Balaban J connectivity index is 2.44. The van der Waals surface area contributed by atoms with E-state index in [2.05, 4.69) is 5.92 Å². The molecule has 1 aromatic rings. The van der Waals surface area contributed by atoms with Crippen molar-refractivity contribution in [3.63, 3.8) is 0 Å². The minimum atomic E-state index is -0.733. The molecular weight excluding hydrogens is 188 g/mol. The standard InChI is InChI=1S/C13H12O2/c1-2-10-5-3-6-11(9-10)13(12(14)15)7-4-8-13/h1,3,5-6,9H,4,7-8H2,(H,14,15). The van der Waals surface area contributed by atoms with E-state index in [0.717, 1.165) is 30.4 Å². The summed E-state index contributed by atoms with van der Waals surface area (Å²) in [5.41, 5.74) is 0.920. The average Bonchev–Trinajstić information content (AvgIpc) is 2.16. The van der Waals surface area contributed by atoms with Gasteiger partial charge in [-0.2, -0.15) is 0 Å². The lowest BCUT2D eigenvalue weighted by molar-refractivity contribution is -0.147. The van der Waals surface area contributed by atoms with Crippen molar-refractivity contribution in [1.82, 2.24) is 0 Å². The molecule has 0 radical (unpaired) electrons. The Hall–Kier alpha value is -1.75. The highest BCUT2D eigenvalue weighted by Gasteiger charge is 2.45. The van der Waals surface area contributed by atoms with Crippen LogP contribution in [0.5, 0.6) is 0 Å². The molecule has 1 fully saturated rings. The zero-order valence-electron chi connectivity index (χ0n) is 8.36. The summed E-state index contributed by atoms with van der Waals surface area (Å²) < 4.78 is 0. The van der Waals surface area contributed by atoms with Gasteiger partial charge in [0.05, 0.1) is 5.41 Å². The van der Waals surface area contributed by atoms with Gasteiger partial charge in [-0.15, -0.1) is 6.42 Å². The summed E-state index contributed by atoms with van der Waals surface area (Å²) in [5.74, 6) is 1.80. The lowest BCUT2D eigenvalue weighted by Gasteiger charge is -2.38. The predicted molar refractivity (Wildman–Crippen MR) is 57.5 cm³/mol. The van der Waals surface area contributed by atoms with Crippen LogP contribution in [0.2, 0.25) is 0 Å². The first-order chi connectivity index (χ1) is 7.19. The lowest BCUT2D eigenvalue weighted by atomic mass is 9.64. The first-order valence-corrected chi connectivity index (χ1v) is 4.99. The smallest absolute Gasteiger partial charge is 0.314 e. The normalized spacial score (nSPS) is 17.5. The van der Waals surface area contributed by atoms with Crippen molar-refractivity contribution in [1.29, 1.82) is 0 Å². The van der Waals surface area contributed by atoms with Gasteiger partial charge in [-0.1, -0.05) is 24.5 Å². The first kappa shape index (κ1) is 9.79. The van der Waals surface area contributed by atoms with Gasteiger partial charge >= 0.3 is 5.97 Å². The van der Waals surface area contributed by atoms with Crippen LogP contribution < -0.4 is 0 Å². The second-order valence-corrected chi connectivity index (χ2v) is 3.97. The Morgan fingerprint density at radius 1 is 1.47 bits per heavy atom. The Kier molecular flexibility index (Phi) is 2.24. The van der Waals surface area contributed by atoms with Crippen LogP contribution >= 0.6 is 0 Å². The predicted octanol–water partition coefficient (Wildman–Crippen LogP) is 2.17. The molecule has 2 rings (SSSR count). The summed E-state index contributed by atoms with van der Waals surface area (Å²) >= 11 is 0. The monoisotopic (exact) mass is 200 g/mol. The van der Waals surface area contributed by atoms with E-state index in [1.807, 2.05) is 24.3 Å². The molecule has 0 unspecified atom stereocenters. The summed E-state index contributed by atoms with van der Waals surface area (Å²) in [7, 11) is 0. The third-order valence-corrected chi connectivity index (χ3v) is 3.20. The first-order valence-electron chi connectivity index (χ1n) is 4.99. The van der Waals surface area contributed by atoms with E-state index in [4.69, 9.17) is 6.42 Å². The van der Waals surface area contributed by atoms with Gasteiger partial charge in [0, 0.05) is 5.56 Å². The molecule has 1 aromatic carbocycles. The average molecular weight is 200 g/mol. The molecule has 1 saturated carbocycles. The van der Waals surface area contributed by atoms with Crippen molar-refractivity contribution in [2.24, 2.45) is 0 Å². The SMILES string of the molecule is C#Cc1cccc(C2(C(=O)O)CCC2)c1. The largest absolute Gasteiger partial charge is 0.481 e. The molecule has 0 spiro atoms. The summed E-state index contributed by atoms with van der Waals surface area (Å²) in [5, 5.41) is 9.25. The summed E-state index contributed by atoms with van der Waals surface area (Å²) in [4.78, 5) is 11.3. The summed E-state index contributed by atoms with van der Waals surface area (Å²) in [6, 6.07) is 7.31. The van der Waals surface area contributed by atoms with E-state index in [9.17, 15) is 9.90 Å². The molecule has 1 aliphatic rings. The highest BCUT2D eigenvalue weighted by molar-refractivity contribution is 5.82. The molecule has 0 amide bonds. The zero-order valence-corrected chi connectivity index (χ0v) is 8.36. The van der Waals surface area contributed by atoms with Crippen LogP contribution in [-0.2, 0) is 10.2 Å². The van der Waals surface area contributed by atoms with Crippen LogP contribution in [0.4, 0.5) is 0 Å². The Morgan fingerprint density at radius 3 is 2.67 bits per heavy atom. The molecule has 76 valence electrons. The van der Waals surface area contributed by atoms with Gasteiger partial charge < -0.3 is 5.11 Å². The van der Waals surface area contributed by atoms with Crippen LogP contribution in [0.3, 0.4) is 0 Å². The molecule has 1 N–H and O–H groups in total. The Bertz CT molecular complexity index is 436. The van der Waals surface area contributed by atoms with E-state index < -0.39 is 11.4 Å². The number of hydrogen-bond donors (Lipinski definition) is 1. The van der Waals surface area contributed by atoms with E-state index >= 15 is 0 Å². The highest BCUT2D eigenvalue weighted by Crippen LogP contribution is 2.44. The Morgan fingerprint density at radius 2 is 2.20 bits per heavy atom. The van der Waals surface area contributed by atoms with Gasteiger partial charge in [-0.25, -0.2) is 0 Å². The quantitative estimate of drug-likeness (QED) is 0.743. The maximum atomic E-state index is 11.3. The van der Waals surface area contributed by atoms with Gasteiger partial charge in [-0.3, -0.25) is 4.79 Å². The van der Waals surface area contributed by atoms with E-state index in [1.54, 1.807) is 0 Å². The van der Waals surface area contributed by atoms with Crippen molar-refractivity contribution < 1.29 is 9.90 Å². The maximum Gasteiger partial charge on any atom is 0.314 e. The van der Waals surface area contributed by atoms with Crippen LogP contribution in [0.1, 0.15) is 30.4 Å². The minimum absolute atomic E-state index is 0.674. The lowest BCUT2D eigenvalue weighted by Crippen LogP contribution is -2.42. The number of carboxylic acid groups (broad SMARTS) is 1. The molecule has 15 heavy (non-hydrogen) atoms. The van der Waals surface area contributed by atoms with Gasteiger partial charge in [-0.05, 0) is 30.5 Å². The van der Waals surface area contributed by atoms with Gasteiger partial charge in [0.25, 0.3) is 0 Å². The fraction of sp³-hybridized carbons (Fsp3) is 0.308. The van der Waals surface area contributed by atoms with Crippen molar-refractivity contribution in [3.8, 4) is 12.3 Å². The fourth-order valence-corrected chi connectivity index (χ4v) is 2.06. The molecule has 2 nitrogen and oxygen atoms in total. The topological polar surface area (TPSA) is 37.3 Å². The number of terminal acetylenes is 1. The third-order valence-electron chi connectivity index (χ3n) is 3.20. The molecule has 0 atom stereocenters. The molecule has 1 aliphatic carbocycles. The van der Waals surface area contributed by atoms with Gasteiger partial charge in [0.15, 0.2) is 0 Å². The maximum absolute atomic E-state index is 11.3. The molecule has 2 heteroatoms. The number of hydrogen-bond acceptors (Lipinski definition) is 1. The number of aliphatic carboxylic acids is 1. The van der Waals surface area contributed by atoms with Crippen molar-refractivity contribution in [2.75, 3.05) is 0 Å².